The summed E-state index contributed by atoms with van der Waals surface area (Å²) in [6, 6.07) is 4.73. The Hall–Kier alpha value is -0.780. The van der Waals surface area contributed by atoms with Gasteiger partial charge in [0.25, 0.3) is 0 Å². The molecule has 3 nitrogen and oxygen atoms in total. The van der Waals surface area contributed by atoms with Crippen LogP contribution in [-0.2, 0) is 0 Å². The largest absolute Gasteiger partial charge is 0.318 e. The third-order valence-corrected chi connectivity index (χ3v) is 5.49. The van der Waals surface area contributed by atoms with E-state index in [0.717, 1.165) is 11.6 Å². The molecule has 0 aliphatic heterocycles. The van der Waals surface area contributed by atoms with Gasteiger partial charge >= 0.3 is 0 Å². The van der Waals surface area contributed by atoms with E-state index in [4.69, 9.17) is 0 Å². The standard InChI is InChI=1S/C14H21N3S2/c1-5-12(13-7-6-10-18-13)17-9-8-15-14(17)19-11(2)16(3)4/h6-12H,5H2,1-4H3. The second-order valence-electron chi connectivity index (χ2n) is 4.74. The molecule has 0 radical (unpaired) electrons. The molecule has 0 fully saturated rings. The number of thioether (sulfide) groups is 1. The van der Waals surface area contributed by atoms with Crippen LogP contribution < -0.4 is 0 Å². The van der Waals surface area contributed by atoms with E-state index in [9.17, 15) is 0 Å². The van der Waals surface area contributed by atoms with E-state index in [0.29, 0.717) is 11.4 Å². The van der Waals surface area contributed by atoms with Crippen LogP contribution in [0, 0.1) is 0 Å². The number of nitrogens with zero attached hydrogens (tertiary/aromatic N) is 3. The van der Waals surface area contributed by atoms with Crippen molar-refractivity contribution in [2.75, 3.05) is 14.1 Å². The van der Waals surface area contributed by atoms with E-state index in [-0.39, 0.29) is 0 Å². The van der Waals surface area contributed by atoms with Crippen LogP contribution in [0.2, 0.25) is 0 Å². The van der Waals surface area contributed by atoms with Gasteiger partial charge < -0.3 is 4.57 Å². The molecule has 2 heterocycles. The van der Waals surface area contributed by atoms with Crippen molar-refractivity contribution in [1.29, 1.82) is 0 Å². The molecule has 104 valence electrons. The molecule has 19 heavy (non-hydrogen) atoms. The molecule has 0 N–H and O–H groups in total. The number of hydrogen-bond donors (Lipinski definition) is 0. The molecule has 2 unspecified atom stereocenters. The summed E-state index contributed by atoms with van der Waals surface area (Å²) < 4.78 is 2.30. The molecular formula is C14H21N3S2. The van der Waals surface area contributed by atoms with Crippen LogP contribution in [0.3, 0.4) is 0 Å². The molecule has 2 aromatic rings. The fourth-order valence-electron chi connectivity index (χ4n) is 1.90. The Kier molecular flexibility index (Phi) is 5.07. The minimum absolute atomic E-state index is 0.402. The van der Waals surface area contributed by atoms with Crippen LogP contribution in [0.4, 0.5) is 0 Å². The van der Waals surface area contributed by atoms with E-state index in [1.54, 1.807) is 0 Å². The quantitative estimate of drug-likeness (QED) is 0.595. The molecule has 0 aliphatic rings. The monoisotopic (exact) mass is 295 g/mol. The number of imidazole rings is 1. The minimum atomic E-state index is 0.402. The summed E-state index contributed by atoms with van der Waals surface area (Å²) in [4.78, 5) is 8.13. The van der Waals surface area contributed by atoms with Crippen LogP contribution in [0.15, 0.2) is 35.1 Å². The van der Waals surface area contributed by atoms with Crippen LogP contribution in [0.1, 0.15) is 31.2 Å². The maximum atomic E-state index is 4.52. The van der Waals surface area contributed by atoms with Crippen molar-refractivity contribution in [3.05, 3.63) is 34.8 Å². The van der Waals surface area contributed by atoms with Gasteiger partial charge in [0, 0.05) is 17.3 Å². The number of thiophene rings is 1. The molecule has 2 atom stereocenters. The summed E-state index contributed by atoms with van der Waals surface area (Å²) in [7, 11) is 4.20. The lowest BCUT2D eigenvalue weighted by atomic mass is 10.2. The molecule has 0 aromatic carbocycles. The van der Waals surface area contributed by atoms with Crippen molar-refractivity contribution in [2.45, 2.75) is 36.8 Å². The predicted molar refractivity (Wildman–Crippen MR) is 84.0 cm³/mol. The van der Waals surface area contributed by atoms with Gasteiger partial charge in [-0.1, -0.05) is 24.8 Å². The zero-order valence-corrected chi connectivity index (χ0v) is 13.5. The molecule has 0 aliphatic carbocycles. The Balaban J connectivity index is 2.23. The van der Waals surface area contributed by atoms with Crippen molar-refractivity contribution >= 4 is 23.1 Å². The Labute approximate surface area is 123 Å². The van der Waals surface area contributed by atoms with Crippen LogP contribution in [0.25, 0.3) is 0 Å². The smallest absolute Gasteiger partial charge is 0.170 e. The Morgan fingerprint density at radius 1 is 1.47 bits per heavy atom. The lowest BCUT2D eigenvalue weighted by Gasteiger charge is -2.22. The fourth-order valence-corrected chi connectivity index (χ4v) is 3.76. The van der Waals surface area contributed by atoms with E-state index in [1.807, 2.05) is 29.3 Å². The zero-order valence-electron chi connectivity index (χ0n) is 11.9. The summed E-state index contributed by atoms with van der Waals surface area (Å²) in [6.45, 7) is 4.43. The topological polar surface area (TPSA) is 21.1 Å². The highest BCUT2D eigenvalue weighted by Gasteiger charge is 2.18. The van der Waals surface area contributed by atoms with Crippen LogP contribution >= 0.6 is 23.1 Å². The van der Waals surface area contributed by atoms with E-state index in [2.05, 4.69) is 66.1 Å². The van der Waals surface area contributed by atoms with Gasteiger partial charge in [0.2, 0.25) is 0 Å². The summed E-state index contributed by atoms with van der Waals surface area (Å²) in [6.07, 6.45) is 5.08. The molecule has 0 amide bonds. The average molecular weight is 295 g/mol. The number of rotatable bonds is 6. The SMILES string of the molecule is CCC(c1cccs1)n1ccnc1SC(C)N(C)C. The van der Waals surface area contributed by atoms with Crippen molar-refractivity contribution in [3.8, 4) is 0 Å². The van der Waals surface area contributed by atoms with Crippen LogP contribution in [-0.4, -0.2) is 33.9 Å². The second kappa shape index (κ2) is 6.59. The molecule has 0 saturated heterocycles. The second-order valence-corrected chi connectivity index (χ2v) is 7.00. The summed E-state index contributed by atoms with van der Waals surface area (Å²) in [5.41, 5.74) is 0. The average Bonchev–Trinajstić information content (AvgIpc) is 3.03. The molecule has 2 aromatic heterocycles. The van der Waals surface area contributed by atoms with Crippen molar-refractivity contribution < 1.29 is 0 Å². The first kappa shape index (κ1) is 14.6. The number of aromatic nitrogens is 2. The van der Waals surface area contributed by atoms with E-state index >= 15 is 0 Å². The van der Waals surface area contributed by atoms with Crippen molar-refractivity contribution in [3.63, 3.8) is 0 Å². The first-order valence-electron chi connectivity index (χ1n) is 6.52. The fraction of sp³-hybridized carbons (Fsp3) is 0.500. The first-order valence-corrected chi connectivity index (χ1v) is 8.28. The van der Waals surface area contributed by atoms with Crippen molar-refractivity contribution in [1.82, 2.24) is 14.5 Å². The Morgan fingerprint density at radius 2 is 2.26 bits per heavy atom. The summed E-state index contributed by atoms with van der Waals surface area (Å²) >= 11 is 3.63. The zero-order chi connectivity index (χ0) is 13.8. The van der Waals surface area contributed by atoms with Gasteiger partial charge in [-0.25, -0.2) is 4.98 Å². The van der Waals surface area contributed by atoms with Crippen LogP contribution in [0.5, 0.6) is 0 Å². The third kappa shape index (κ3) is 3.41. The molecule has 2 rings (SSSR count). The molecular weight excluding hydrogens is 274 g/mol. The normalized spacial score (nSPS) is 14.8. The molecule has 0 bridgehead atoms. The minimum Gasteiger partial charge on any atom is -0.318 e. The maximum Gasteiger partial charge on any atom is 0.170 e. The number of hydrogen-bond acceptors (Lipinski definition) is 4. The molecule has 0 saturated carbocycles. The third-order valence-electron chi connectivity index (χ3n) is 3.23. The van der Waals surface area contributed by atoms with Gasteiger partial charge in [-0.3, -0.25) is 4.90 Å². The van der Waals surface area contributed by atoms with Gasteiger partial charge in [0.05, 0.1) is 11.4 Å². The lowest BCUT2D eigenvalue weighted by Crippen LogP contribution is -2.22. The van der Waals surface area contributed by atoms with Gasteiger partial charge in [-0.2, -0.15) is 0 Å². The van der Waals surface area contributed by atoms with E-state index < -0.39 is 0 Å². The highest BCUT2D eigenvalue weighted by molar-refractivity contribution is 7.99. The van der Waals surface area contributed by atoms with Gasteiger partial charge in [0.1, 0.15) is 0 Å². The molecule has 5 heteroatoms. The highest BCUT2D eigenvalue weighted by Crippen LogP contribution is 2.31. The van der Waals surface area contributed by atoms with Gasteiger partial charge in [0.15, 0.2) is 5.16 Å². The predicted octanol–water partition coefficient (Wildman–Crippen LogP) is 3.94. The summed E-state index contributed by atoms with van der Waals surface area (Å²) in [5.74, 6) is 0. The van der Waals surface area contributed by atoms with Gasteiger partial charge in [-0.05, 0) is 38.9 Å². The molecule has 0 spiro atoms. The highest BCUT2D eigenvalue weighted by atomic mass is 32.2. The Morgan fingerprint density at radius 3 is 2.84 bits per heavy atom. The van der Waals surface area contributed by atoms with E-state index in [1.165, 1.54) is 4.88 Å². The van der Waals surface area contributed by atoms with Gasteiger partial charge in [-0.15, -0.1) is 11.3 Å². The maximum absolute atomic E-state index is 4.52. The Bertz CT molecular complexity index is 491. The summed E-state index contributed by atoms with van der Waals surface area (Å²) in [5, 5.41) is 3.66. The lowest BCUT2D eigenvalue weighted by molar-refractivity contribution is 0.400. The first-order chi connectivity index (χ1) is 9.13. The van der Waals surface area contributed by atoms with Crippen molar-refractivity contribution in [2.24, 2.45) is 0 Å².